The molecule has 1 unspecified atom stereocenters. The van der Waals surface area contributed by atoms with Crippen molar-refractivity contribution >= 4 is 34.9 Å². The summed E-state index contributed by atoms with van der Waals surface area (Å²) in [5.41, 5.74) is 0.819. The zero-order chi connectivity index (χ0) is 32.9. The second kappa shape index (κ2) is 14.2. The summed E-state index contributed by atoms with van der Waals surface area (Å²) < 4.78 is 63.6. The summed E-state index contributed by atoms with van der Waals surface area (Å²) in [6, 6.07) is 11.2. The van der Waals surface area contributed by atoms with Crippen molar-refractivity contribution in [1.82, 2.24) is 0 Å². The first kappa shape index (κ1) is 33.6. The number of ether oxygens (including phenoxy) is 4. The van der Waals surface area contributed by atoms with Crippen LogP contribution in [0, 0.1) is 0 Å². The number of anilines is 2. The highest BCUT2D eigenvalue weighted by Crippen LogP contribution is 2.43. The Labute approximate surface area is 263 Å². The maximum Gasteiger partial charge on any atom is 0.420 e. The van der Waals surface area contributed by atoms with Gasteiger partial charge in [0.1, 0.15) is 29.0 Å². The summed E-state index contributed by atoms with van der Waals surface area (Å²) in [6.07, 6.45) is -4.14. The third kappa shape index (κ3) is 7.86. The number of aliphatic carboxylic acids is 1. The van der Waals surface area contributed by atoms with Gasteiger partial charge in [0.25, 0.3) is 0 Å². The number of carboxylic acids is 1. The number of methoxy groups -OCH3 is 3. The number of hydrogen-bond donors (Lipinski definition) is 2. The van der Waals surface area contributed by atoms with Gasteiger partial charge >= 0.3 is 12.1 Å². The van der Waals surface area contributed by atoms with Crippen molar-refractivity contribution in [2.24, 2.45) is 0 Å². The fourth-order valence-corrected chi connectivity index (χ4v) is 5.45. The average Bonchev–Trinajstić information content (AvgIpc) is 3.43. The number of fused-ring (bicyclic) bond motifs is 1. The van der Waals surface area contributed by atoms with Gasteiger partial charge in [-0.1, -0.05) is 24.6 Å². The van der Waals surface area contributed by atoms with Crippen LogP contribution in [0.25, 0.3) is 0 Å². The Bertz CT molecular complexity index is 1550. The van der Waals surface area contributed by atoms with Crippen LogP contribution in [0.15, 0.2) is 48.5 Å². The number of benzene rings is 3. The van der Waals surface area contributed by atoms with E-state index < -0.39 is 35.6 Å². The summed E-state index contributed by atoms with van der Waals surface area (Å²) in [6.45, 7) is 2.10. The molecule has 2 N–H and O–H groups in total. The van der Waals surface area contributed by atoms with E-state index in [1.165, 1.54) is 32.3 Å². The third-order valence-electron chi connectivity index (χ3n) is 7.56. The van der Waals surface area contributed by atoms with E-state index in [-0.39, 0.29) is 37.4 Å². The van der Waals surface area contributed by atoms with Gasteiger partial charge in [-0.2, -0.15) is 13.2 Å². The Kier molecular flexibility index (Phi) is 10.6. The summed E-state index contributed by atoms with van der Waals surface area (Å²) in [4.78, 5) is 26.6. The molecule has 0 fully saturated rings. The second-order valence-electron chi connectivity index (χ2n) is 10.5. The van der Waals surface area contributed by atoms with E-state index in [0.717, 1.165) is 6.07 Å². The molecular formula is C32H34ClF3N2O7. The number of carbonyl (C=O) groups is 2. The van der Waals surface area contributed by atoms with Gasteiger partial charge in [-0.05, 0) is 48.2 Å². The highest BCUT2D eigenvalue weighted by atomic mass is 35.5. The normalized spacial score (nSPS) is 13.9. The molecule has 13 heteroatoms. The van der Waals surface area contributed by atoms with Gasteiger partial charge < -0.3 is 34.3 Å². The number of nitrogens with zero attached hydrogens (tertiary/aromatic N) is 1. The minimum Gasteiger partial charge on any atom is -0.497 e. The number of nitrogens with one attached hydrogen (secondary N) is 1. The predicted octanol–water partition coefficient (Wildman–Crippen LogP) is 6.80. The first-order valence-corrected chi connectivity index (χ1v) is 14.5. The number of carboxylic acid groups (broad SMARTS) is 1. The molecule has 1 heterocycles. The van der Waals surface area contributed by atoms with Gasteiger partial charge in [0.15, 0.2) is 0 Å². The van der Waals surface area contributed by atoms with Gasteiger partial charge in [-0.25, -0.2) is 0 Å². The van der Waals surface area contributed by atoms with Gasteiger partial charge in [0.2, 0.25) is 5.91 Å². The molecular weight excluding hydrogens is 617 g/mol. The lowest BCUT2D eigenvalue weighted by atomic mass is 9.91. The average molecular weight is 651 g/mol. The van der Waals surface area contributed by atoms with E-state index in [1.54, 1.807) is 43.3 Å². The van der Waals surface area contributed by atoms with Gasteiger partial charge in [0.05, 0.1) is 33.5 Å². The quantitative estimate of drug-likeness (QED) is 0.195. The third-order valence-corrected chi connectivity index (χ3v) is 7.80. The molecule has 1 aliphatic heterocycles. The van der Waals surface area contributed by atoms with E-state index in [9.17, 15) is 22.8 Å². The van der Waals surface area contributed by atoms with Gasteiger partial charge in [-0.3, -0.25) is 9.59 Å². The zero-order valence-electron chi connectivity index (χ0n) is 25.2. The van der Waals surface area contributed by atoms with Crippen LogP contribution in [0.5, 0.6) is 23.0 Å². The van der Waals surface area contributed by atoms with Crippen LogP contribution in [-0.2, 0) is 22.2 Å². The van der Waals surface area contributed by atoms with Crippen LogP contribution >= 0.6 is 11.6 Å². The smallest absolute Gasteiger partial charge is 0.420 e. The van der Waals surface area contributed by atoms with Crippen molar-refractivity contribution < 1.29 is 46.8 Å². The molecule has 45 heavy (non-hydrogen) atoms. The van der Waals surface area contributed by atoms with E-state index >= 15 is 0 Å². The fourth-order valence-electron chi connectivity index (χ4n) is 5.29. The molecule has 4 rings (SSSR count). The van der Waals surface area contributed by atoms with E-state index in [0.29, 0.717) is 45.5 Å². The minimum atomic E-state index is -4.69. The molecule has 3 aromatic carbocycles. The number of amides is 1. The minimum absolute atomic E-state index is 0.0642. The van der Waals surface area contributed by atoms with Crippen molar-refractivity contribution in [3.8, 4) is 23.0 Å². The molecule has 2 atom stereocenters. The van der Waals surface area contributed by atoms with Crippen molar-refractivity contribution in [1.29, 1.82) is 0 Å². The van der Waals surface area contributed by atoms with Crippen molar-refractivity contribution in [2.75, 3.05) is 44.7 Å². The predicted molar refractivity (Wildman–Crippen MR) is 163 cm³/mol. The first-order chi connectivity index (χ1) is 21.4. The Balaban J connectivity index is 1.74. The standard InChI is InChI=1S/C32H34ClF3N2O7/c1-18(24-8-7-20(33)13-27(24)43-3)30(37-21-14-22(42-2)16-23(15-21)45-11-5-6-29(39)40)31(41)38-10-9-19-12-28(44-4)25(17-26(19)38)32(34,35)36/h7-8,12-18,30,37H,5-6,9-11H2,1-4H3,(H,39,40)/t18-,30?/m0/s1. The SMILES string of the molecule is COc1cc(NC(C(=O)N2CCc3cc(OC)c(C(F)(F)F)cc32)[C@@H](C)c2ccc(Cl)cc2OC)cc(OCCCC(=O)O)c1. The number of rotatable bonds is 13. The molecule has 9 nitrogen and oxygen atoms in total. The summed E-state index contributed by atoms with van der Waals surface area (Å²) in [5, 5.41) is 12.6. The van der Waals surface area contributed by atoms with E-state index in [4.69, 9.17) is 35.7 Å². The van der Waals surface area contributed by atoms with Crippen molar-refractivity contribution in [3.05, 3.63) is 70.2 Å². The van der Waals surface area contributed by atoms with Crippen LogP contribution < -0.4 is 29.2 Å². The Hall–Kier alpha value is -4.32. The highest BCUT2D eigenvalue weighted by molar-refractivity contribution is 6.30. The van der Waals surface area contributed by atoms with Crippen molar-refractivity contribution in [2.45, 2.75) is 44.3 Å². The molecule has 1 amide bonds. The lowest BCUT2D eigenvalue weighted by Gasteiger charge is -2.31. The Morgan fingerprint density at radius 3 is 2.36 bits per heavy atom. The molecule has 0 bridgehead atoms. The van der Waals surface area contributed by atoms with Crippen LogP contribution in [0.4, 0.5) is 24.5 Å². The van der Waals surface area contributed by atoms with Crippen molar-refractivity contribution in [3.63, 3.8) is 0 Å². The van der Waals surface area contributed by atoms with Gasteiger partial charge in [0, 0.05) is 53.5 Å². The number of carbonyl (C=O) groups excluding carboxylic acids is 1. The molecule has 0 saturated carbocycles. The number of hydrogen-bond acceptors (Lipinski definition) is 7. The molecule has 3 aromatic rings. The lowest BCUT2D eigenvalue weighted by Crippen LogP contribution is -2.45. The van der Waals surface area contributed by atoms with Crippen LogP contribution in [0.3, 0.4) is 0 Å². The van der Waals surface area contributed by atoms with Gasteiger partial charge in [-0.15, -0.1) is 0 Å². The van der Waals surface area contributed by atoms with E-state index in [2.05, 4.69) is 5.32 Å². The monoisotopic (exact) mass is 650 g/mol. The Morgan fingerprint density at radius 1 is 1.00 bits per heavy atom. The number of halogens is 4. The summed E-state index contributed by atoms with van der Waals surface area (Å²) in [7, 11) is 4.12. The Morgan fingerprint density at radius 2 is 1.71 bits per heavy atom. The summed E-state index contributed by atoms with van der Waals surface area (Å²) in [5.74, 6) is -1.07. The largest absolute Gasteiger partial charge is 0.497 e. The second-order valence-corrected chi connectivity index (χ2v) is 10.9. The molecule has 0 radical (unpaired) electrons. The van der Waals surface area contributed by atoms with Crippen LogP contribution in [-0.4, -0.2) is 57.5 Å². The maximum absolute atomic E-state index is 14.4. The highest BCUT2D eigenvalue weighted by Gasteiger charge is 2.40. The molecule has 0 spiro atoms. The van der Waals surface area contributed by atoms with E-state index in [1.807, 2.05) is 0 Å². The summed E-state index contributed by atoms with van der Waals surface area (Å²) >= 11 is 6.20. The zero-order valence-corrected chi connectivity index (χ0v) is 25.9. The lowest BCUT2D eigenvalue weighted by molar-refractivity contribution is -0.139. The molecule has 0 aromatic heterocycles. The molecule has 0 aliphatic carbocycles. The molecule has 242 valence electrons. The molecule has 1 aliphatic rings. The fraction of sp³-hybridized carbons (Fsp3) is 0.375. The van der Waals surface area contributed by atoms with Crippen LogP contribution in [0.1, 0.15) is 42.4 Å². The number of alkyl halides is 3. The molecule has 0 saturated heterocycles. The van der Waals surface area contributed by atoms with Crippen LogP contribution in [0.2, 0.25) is 5.02 Å². The maximum atomic E-state index is 14.4. The first-order valence-electron chi connectivity index (χ1n) is 14.1. The topological polar surface area (TPSA) is 107 Å².